The van der Waals surface area contributed by atoms with Gasteiger partial charge in [0.25, 0.3) is 0 Å². The van der Waals surface area contributed by atoms with E-state index in [9.17, 15) is 4.79 Å². The molecule has 1 unspecified atom stereocenters. The van der Waals surface area contributed by atoms with Gasteiger partial charge in [-0.15, -0.1) is 0 Å². The van der Waals surface area contributed by atoms with Crippen molar-refractivity contribution >= 4 is 51.6 Å². The highest BCUT2D eigenvalue weighted by Crippen LogP contribution is 2.38. The third-order valence-electron chi connectivity index (χ3n) is 6.13. The Morgan fingerprint density at radius 2 is 1.73 bits per heavy atom. The number of halogens is 1. The monoisotopic (exact) mass is 632 g/mol. The zero-order chi connectivity index (χ0) is 26.4. The van der Waals surface area contributed by atoms with E-state index >= 15 is 0 Å². The van der Waals surface area contributed by atoms with Gasteiger partial charge in [-0.2, -0.15) is 0 Å². The number of carbonyl (C=O) groups is 1. The molecule has 1 N–H and O–H groups in total. The summed E-state index contributed by atoms with van der Waals surface area (Å²) in [5.74, 6) is 1.65. The summed E-state index contributed by atoms with van der Waals surface area (Å²) < 4.78 is 23.6. The van der Waals surface area contributed by atoms with Crippen molar-refractivity contribution in [3.63, 3.8) is 0 Å². The number of rotatable bonds is 8. The lowest BCUT2D eigenvalue weighted by Gasteiger charge is -2.39. The molecule has 0 saturated heterocycles. The molecule has 194 valence electrons. The van der Waals surface area contributed by atoms with E-state index < -0.39 is 0 Å². The SMILES string of the molecule is CCOC(=O)c1ccc(OCC2c3cc(OC)c(OC)cc3CCN2C(=S)Nc2ccc(I)cc2)cc1. The van der Waals surface area contributed by atoms with Gasteiger partial charge in [0, 0.05) is 15.8 Å². The molecule has 0 bridgehead atoms. The molecular formula is C28H29IN2O5S. The van der Waals surface area contributed by atoms with Crippen LogP contribution < -0.4 is 19.5 Å². The van der Waals surface area contributed by atoms with Crippen LogP contribution in [0.5, 0.6) is 17.2 Å². The Balaban J connectivity index is 1.59. The van der Waals surface area contributed by atoms with Crippen LogP contribution in [0.25, 0.3) is 0 Å². The highest BCUT2D eigenvalue weighted by Gasteiger charge is 2.31. The van der Waals surface area contributed by atoms with Crippen molar-refractivity contribution < 1.29 is 23.7 Å². The fourth-order valence-electron chi connectivity index (χ4n) is 4.26. The summed E-state index contributed by atoms with van der Waals surface area (Å²) in [6.45, 7) is 3.17. The fraction of sp³-hybridized carbons (Fsp3) is 0.286. The summed E-state index contributed by atoms with van der Waals surface area (Å²) in [5.41, 5.74) is 3.65. The summed E-state index contributed by atoms with van der Waals surface area (Å²) in [6.07, 6.45) is 0.801. The molecule has 3 aromatic rings. The molecule has 1 atom stereocenters. The van der Waals surface area contributed by atoms with Crippen LogP contribution in [0.4, 0.5) is 5.69 Å². The topological polar surface area (TPSA) is 69.3 Å². The van der Waals surface area contributed by atoms with E-state index in [1.54, 1.807) is 45.4 Å². The van der Waals surface area contributed by atoms with E-state index in [0.29, 0.717) is 47.7 Å². The molecule has 1 aliphatic heterocycles. The second-order valence-corrected chi connectivity index (χ2v) is 9.99. The van der Waals surface area contributed by atoms with Crippen molar-refractivity contribution in [3.05, 3.63) is 80.9 Å². The Morgan fingerprint density at radius 1 is 1.05 bits per heavy atom. The van der Waals surface area contributed by atoms with Crippen molar-refractivity contribution in [2.45, 2.75) is 19.4 Å². The molecule has 1 heterocycles. The van der Waals surface area contributed by atoms with E-state index in [0.717, 1.165) is 26.8 Å². The summed E-state index contributed by atoms with van der Waals surface area (Å²) in [4.78, 5) is 14.1. The quantitative estimate of drug-likeness (QED) is 0.188. The van der Waals surface area contributed by atoms with Crippen LogP contribution in [0.15, 0.2) is 60.7 Å². The lowest BCUT2D eigenvalue weighted by Crippen LogP contribution is -2.44. The van der Waals surface area contributed by atoms with Crippen molar-refractivity contribution in [1.82, 2.24) is 4.90 Å². The number of fused-ring (bicyclic) bond motifs is 1. The standard InChI is InChI=1S/C28H29IN2O5S/c1-4-35-27(32)18-5-11-22(12-6-18)36-17-24-23-16-26(34-3)25(33-2)15-19(23)13-14-31(24)28(37)30-21-9-7-20(29)8-10-21/h5-12,15-16,24H,4,13-14,17H2,1-3H3,(H,30,37). The minimum atomic E-state index is -0.352. The highest BCUT2D eigenvalue weighted by molar-refractivity contribution is 14.1. The van der Waals surface area contributed by atoms with Gasteiger partial charge in [0.15, 0.2) is 16.6 Å². The number of carbonyl (C=O) groups excluding carboxylic acids is 1. The van der Waals surface area contributed by atoms with Crippen LogP contribution in [0.3, 0.4) is 0 Å². The molecule has 7 nitrogen and oxygen atoms in total. The second-order valence-electron chi connectivity index (χ2n) is 8.36. The Bertz CT molecular complexity index is 1250. The first-order valence-electron chi connectivity index (χ1n) is 11.9. The molecule has 0 spiro atoms. The van der Waals surface area contributed by atoms with Crippen LogP contribution in [0.2, 0.25) is 0 Å². The number of nitrogens with one attached hydrogen (secondary N) is 1. The number of methoxy groups -OCH3 is 2. The number of hydrogen-bond donors (Lipinski definition) is 1. The van der Waals surface area contributed by atoms with Gasteiger partial charge in [0.1, 0.15) is 12.4 Å². The third-order valence-corrected chi connectivity index (χ3v) is 7.19. The summed E-state index contributed by atoms with van der Waals surface area (Å²) >= 11 is 8.14. The second kappa shape index (κ2) is 12.5. The van der Waals surface area contributed by atoms with Gasteiger partial charge in [0.2, 0.25) is 0 Å². The van der Waals surface area contributed by atoms with Gasteiger partial charge in [-0.25, -0.2) is 4.79 Å². The Hall–Kier alpha value is -3.05. The predicted molar refractivity (Wildman–Crippen MR) is 156 cm³/mol. The number of nitrogens with zero attached hydrogens (tertiary/aromatic N) is 1. The minimum Gasteiger partial charge on any atom is -0.493 e. The summed E-state index contributed by atoms with van der Waals surface area (Å²) in [7, 11) is 3.27. The Morgan fingerprint density at radius 3 is 2.38 bits per heavy atom. The number of esters is 1. The number of hydrogen-bond acceptors (Lipinski definition) is 6. The first kappa shape index (κ1) is 27.0. The number of ether oxygens (including phenoxy) is 4. The van der Waals surface area contributed by atoms with Crippen LogP contribution in [0, 0.1) is 3.57 Å². The van der Waals surface area contributed by atoms with E-state index in [4.69, 9.17) is 31.2 Å². The first-order chi connectivity index (χ1) is 17.9. The molecular weight excluding hydrogens is 603 g/mol. The molecule has 0 saturated carbocycles. The van der Waals surface area contributed by atoms with Gasteiger partial charge in [-0.3, -0.25) is 0 Å². The molecule has 9 heteroatoms. The van der Waals surface area contributed by atoms with Crippen molar-refractivity contribution in [3.8, 4) is 17.2 Å². The lowest BCUT2D eigenvalue weighted by atomic mass is 9.92. The van der Waals surface area contributed by atoms with Gasteiger partial charge in [0.05, 0.1) is 32.4 Å². The molecule has 0 fully saturated rings. The van der Waals surface area contributed by atoms with Crippen LogP contribution in [0.1, 0.15) is 34.5 Å². The average Bonchev–Trinajstić information content (AvgIpc) is 2.92. The lowest BCUT2D eigenvalue weighted by molar-refractivity contribution is 0.0526. The normalized spacial score (nSPS) is 14.4. The summed E-state index contributed by atoms with van der Waals surface area (Å²) in [5, 5.41) is 3.99. The van der Waals surface area contributed by atoms with Crippen LogP contribution >= 0.6 is 34.8 Å². The number of thiocarbonyl (C=S) groups is 1. The van der Waals surface area contributed by atoms with Crippen molar-refractivity contribution in [2.75, 3.05) is 39.3 Å². The molecule has 4 rings (SSSR count). The van der Waals surface area contributed by atoms with Gasteiger partial charge in [-0.05, 0) is 120 Å². The molecule has 3 aromatic carbocycles. The van der Waals surface area contributed by atoms with Gasteiger partial charge < -0.3 is 29.2 Å². The van der Waals surface area contributed by atoms with Gasteiger partial charge >= 0.3 is 5.97 Å². The smallest absolute Gasteiger partial charge is 0.338 e. The average molecular weight is 633 g/mol. The Labute approximate surface area is 236 Å². The zero-order valence-corrected chi connectivity index (χ0v) is 23.9. The molecule has 1 aliphatic rings. The maximum Gasteiger partial charge on any atom is 0.338 e. The van der Waals surface area contributed by atoms with E-state index in [-0.39, 0.29) is 12.0 Å². The molecule has 0 aromatic heterocycles. The third kappa shape index (κ3) is 6.45. The maximum atomic E-state index is 12.0. The largest absolute Gasteiger partial charge is 0.493 e. The van der Waals surface area contributed by atoms with Crippen LogP contribution in [-0.4, -0.2) is 50.0 Å². The van der Waals surface area contributed by atoms with E-state index in [1.165, 1.54) is 0 Å². The molecule has 0 radical (unpaired) electrons. The Kier molecular flexibility index (Phi) is 9.09. The molecule has 0 aliphatic carbocycles. The minimum absolute atomic E-state index is 0.169. The first-order valence-corrected chi connectivity index (χ1v) is 13.4. The maximum absolute atomic E-state index is 12.0. The highest BCUT2D eigenvalue weighted by atomic mass is 127. The zero-order valence-electron chi connectivity index (χ0n) is 21.0. The number of benzene rings is 3. The van der Waals surface area contributed by atoms with Crippen molar-refractivity contribution in [1.29, 1.82) is 0 Å². The molecule has 0 amide bonds. The number of anilines is 1. The molecule has 37 heavy (non-hydrogen) atoms. The summed E-state index contributed by atoms with van der Waals surface area (Å²) in [6, 6.07) is 18.9. The van der Waals surface area contributed by atoms with Gasteiger partial charge in [-0.1, -0.05) is 0 Å². The van der Waals surface area contributed by atoms with E-state index in [1.807, 2.05) is 36.4 Å². The van der Waals surface area contributed by atoms with E-state index in [2.05, 4.69) is 32.8 Å². The fourth-order valence-corrected chi connectivity index (χ4v) is 4.95. The van der Waals surface area contributed by atoms with Crippen molar-refractivity contribution in [2.24, 2.45) is 0 Å². The predicted octanol–water partition coefficient (Wildman–Crippen LogP) is 5.86. The van der Waals surface area contributed by atoms with Crippen LogP contribution in [-0.2, 0) is 11.2 Å².